The van der Waals surface area contributed by atoms with Crippen LogP contribution in [-0.2, 0) is 9.31 Å². The van der Waals surface area contributed by atoms with Gasteiger partial charge in [-0.2, -0.15) is 0 Å². The Kier molecular flexibility index (Phi) is 4.09. The quantitative estimate of drug-likeness (QED) is 0.784. The molecule has 2 aromatic rings. The molecule has 1 aromatic carbocycles. The van der Waals surface area contributed by atoms with Gasteiger partial charge in [0.25, 0.3) is 0 Å². The van der Waals surface area contributed by atoms with Gasteiger partial charge in [-0.1, -0.05) is 24.3 Å². The third-order valence-corrected chi connectivity index (χ3v) is 5.25. The average Bonchev–Trinajstić information content (AvgIpc) is 2.68. The number of hydrogen-bond donors (Lipinski definition) is 0. The summed E-state index contributed by atoms with van der Waals surface area (Å²) in [5.74, 6) is 0. The third-order valence-electron chi connectivity index (χ3n) is 5.25. The highest BCUT2D eigenvalue weighted by atomic mass is 16.7. The molecule has 0 spiro atoms. The van der Waals surface area contributed by atoms with Gasteiger partial charge in [-0.25, -0.2) is 0 Å². The molecule has 0 unspecified atom stereocenters. The molecule has 0 radical (unpaired) electrons. The maximum atomic E-state index is 6.15. The number of benzene rings is 1. The average molecular weight is 323 g/mol. The third kappa shape index (κ3) is 2.89. The van der Waals surface area contributed by atoms with Gasteiger partial charge in [0, 0.05) is 11.8 Å². The Bertz CT molecular complexity index is 767. The fourth-order valence-corrected chi connectivity index (χ4v) is 3.08. The number of nitrogens with zero attached hydrogens (tertiary/aromatic N) is 1. The van der Waals surface area contributed by atoms with Gasteiger partial charge in [0.1, 0.15) is 0 Å². The Hall–Kier alpha value is -1.65. The minimum absolute atomic E-state index is 0.320. The van der Waals surface area contributed by atoms with Crippen molar-refractivity contribution in [2.75, 3.05) is 0 Å². The highest BCUT2D eigenvalue weighted by molar-refractivity contribution is 6.62. The molecule has 2 heterocycles. The standard InChI is InChI=1S/C20H26BNO2/c1-13-10-15(3)18(22-12-13)17-9-8-16(11-14(17)2)21-23-19(4,5)20(6,7)24-21/h8-12H,1-7H3. The molecular weight excluding hydrogens is 297 g/mol. The fraction of sp³-hybridized carbons (Fsp3) is 0.450. The van der Waals surface area contributed by atoms with Crippen molar-refractivity contribution in [1.29, 1.82) is 0 Å². The van der Waals surface area contributed by atoms with E-state index in [4.69, 9.17) is 9.31 Å². The van der Waals surface area contributed by atoms with E-state index in [1.807, 2.05) is 6.20 Å². The van der Waals surface area contributed by atoms with Crippen molar-refractivity contribution in [1.82, 2.24) is 4.98 Å². The van der Waals surface area contributed by atoms with Gasteiger partial charge < -0.3 is 9.31 Å². The lowest BCUT2D eigenvalue weighted by molar-refractivity contribution is 0.00578. The summed E-state index contributed by atoms with van der Waals surface area (Å²) >= 11 is 0. The Labute approximate surface area is 145 Å². The molecule has 0 saturated carbocycles. The molecule has 1 aromatic heterocycles. The van der Waals surface area contributed by atoms with E-state index < -0.39 is 0 Å². The second-order valence-electron chi connectivity index (χ2n) is 7.84. The van der Waals surface area contributed by atoms with Gasteiger partial charge >= 0.3 is 7.12 Å². The Morgan fingerprint density at radius 2 is 1.50 bits per heavy atom. The molecule has 0 aliphatic carbocycles. The Morgan fingerprint density at radius 3 is 2.04 bits per heavy atom. The van der Waals surface area contributed by atoms with Crippen LogP contribution in [0.5, 0.6) is 0 Å². The molecule has 0 N–H and O–H groups in total. The van der Waals surface area contributed by atoms with Crippen molar-refractivity contribution in [2.45, 2.75) is 59.7 Å². The highest BCUT2D eigenvalue weighted by Crippen LogP contribution is 2.36. The van der Waals surface area contributed by atoms with E-state index in [0.717, 1.165) is 16.7 Å². The first kappa shape index (κ1) is 17.2. The summed E-state index contributed by atoms with van der Waals surface area (Å²) in [5, 5.41) is 0. The lowest BCUT2D eigenvalue weighted by atomic mass is 9.77. The van der Waals surface area contributed by atoms with E-state index in [9.17, 15) is 0 Å². The number of aryl methyl sites for hydroxylation is 3. The number of pyridine rings is 1. The van der Waals surface area contributed by atoms with Crippen LogP contribution in [0, 0.1) is 20.8 Å². The number of rotatable bonds is 2. The highest BCUT2D eigenvalue weighted by Gasteiger charge is 2.51. The van der Waals surface area contributed by atoms with Crippen LogP contribution in [0.25, 0.3) is 11.3 Å². The Morgan fingerprint density at radius 1 is 0.875 bits per heavy atom. The maximum Gasteiger partial charge on any atom is 0.494 e. The zero-order chi connectivity index (χ0) is 17.7. The monoisotopic (exact) mass is 323 g/mol. The minimum Gasteiger partial charge on any atom is -0.399 e. The largest absolute Gasteiger partial charge is 0.494 e. The molecule has 126 valence electrons. The van der Waals surface area contributed by atoms with Gasteiger partial charge in [0.15, 0.2) is 0 Å². The molecule has 1 aliphatic heterocycles. The number of hydrogen-bond acceptors (Lipinski definition) is 3. The van der Waals surface area contributed by atoms with Crippen LogP contribution >= 0.6 is 0 Å². The molecule has 0 bridgehead atoms. The fourth-order valence-electron chi connectivity index (χ4n) is 3.08. The summed E-state index contributed by atoms with van der Waals surface area (Å²) in [4.78, 5) is 4.62. The Balaban J connectivity index is 1.94. The second kappa shape index (κ2) is 5.71. The molecule has 3 rings (SSSR count). The zero-order valence-corrected chi connectivity index (χ0v) is 15.7. The molecule has 24 heavy (non-hydrogen) atoms. The van der Waals surface area contributed by atoms with Gasteiger partial charge in [-0.3, -0.25) is 4.98 Å². The summed E-state index contributed by atoms with van der Waals surface area (Å²) < 4.78 is 12.3. The summed E-state index contributed by atoms with van der Waals surface area (Å²) in [6, 6.07) is 8.54. The zero-order valence-electron chi connectivity index (χ0n) is 15.7. The van der Waals surface area contributed by atoms with Crippen LogP contribution in [0.3, 0.4) is 0 Å². The summed E-state index contributed by atoms with van der Waals surface area (Å²) in [6.45, 7) is 14.6. The first-order valence-corrected chi connectivity index (χ1v) is 8.50. The predicted octanol–water partition coefficient (Wildman–Crippen LogP) is 3.97. The molecular formula is C20H26BNO2. The topological polar surface area (TPSA) is 31.4 Å². The van der Waals surface area contributed by atoms with Crippen molar-refractivity contribution < 1.29 is 9.31 Å². The van der Waals surface area contributed by atoms with Crippen LogP contribution in [0.2, 0.25) is 0 Å². The second-order valence-corrected chi connectivity index (χ2v) is 7.84. The normalized spacial score (nSPS) is 18.9. The van der Waals surface area contributed by atoms with Crippen molar-refractivity contribution in [3.8, 4) is 11.3 Å². The van der Waals surface area contributed by atoms with Crippen molar-refractivity contribution in [2.24, 2.45) is 0 Å². The van der Waals surface area contributed by atoms with E-state index in [2.05, 4.69) is 77.7 Å². The van der Waals surface area contributed by atoms with E-state index in [1.54, 1.807) is 0 Å². The van der Waals surface area contributed by atoms with E-state index >= 15 is 0 Å². The van der Waals surface area contributed by atoms with Crippen molar-refractivity contribution in [3.05, 3.63) is 47.2 Å². The van der Waals surface area contributed by atoms with Gasteiger partial charge in [0.2, 0.25) is 0 Å². The SMILES string of the molecule is Cc1cnc(-c2ccc(B3OC(C)(C)C(C)(C)O3)cc2C)c(C)c1. The summed E-state index contributed by atoms with van der Waals surface area (Å²) in [7, 11) is -0.324. The first-order chi connectivity index (χ1) is 11.1. The van der Waals surface area contributed by atoms with Crippen LogP contribution in [0.15, 0.2) is 30.5 Å². The smallest absolute Gasteiger partial charge is 0.399 e. The molecule has 3 nitrogen and oxygen atoms in total. The van der Waals surface area contributed by atoms with Gasteiger partial charge in [-0.05, 0) is 70.6 Å². The molecule has 1 fully saturated rings. The predicted molar refractivity (Wildman–Crippen MR) is 99.6 cm³/mol. The van der Waals surface area contributed by atoms with Crippen LogP contribution < -0.4 is 5.46 Å². The molecule has 0 atom stereocenters. The summed E-state index contributed by atoms with van der Waals surface area (Å²) in [5.41, 5.74) is 6.18. The van der Waals surface area contributed by atoms with Crippen LogP contribution in [0.1, 0.15) is 44.4 Å². The first-order valence-electron chi connectivity index (χ1n) is 8.50. The molecule has 1 saturated heterocycles. The van der Waals surface area contributed by atoms with E-state index in [0.29, 0.717) is 0 Å². The van der Waals surface area contributed by atoms with Gasteiger partial charge in [0.05, 0.1) is 16.9 Å². The maximum absolute atomic E-state index is 6.15. The van der Waals surface area contributed by atoms with Crippen LogP contribution in [0.4, 0.5) is 0 Å². The molecule has 1 aliphatic rings. The van der Waals surface area contributed by atoms with Gasteiger partial charge in [-0.15, -0.1) is 0 Å². The van der Waals surface area contributed by atoms with Crippen LogP contribution in [-0.4, -0.2) is 23.3 Å². The lowest BCUT2D eigenvalue weighted by Crippen LogP contribution is -2.41. The van der Waals surface area contributed by atoms with E-state index in [1.165, 1.54) is 16.7 Å². The minimum atomic E-state index is -0.324. The van der Waals surface area contributed by atoms with Crippen molar-refractivity contribution >= 4 is 12.6 Å². The summed E-state index contributed by atoms with van der Waals surface area (Å²) in [6.07, 6.45) is 1.92. The van der Waals surface area contributed by atoms with Crippen molar-refractivity contribution in [3.63, 3.8) is 0 Å². The lowest BCUT2D eigenvalue weighted by Gasteiger charge is -2.32. The molecule has 4 heteroatoms. The van der Waals surface area contributed by atoms with E-state index in [-0.39, 0.29) is 18.3 Å². The molecule has 0 amide bonds. The number of aromatic nitrogens is 1.